The molecule has 0 saturated carbocycles. The van der Waals surface area contributed by atoms with Crippen LogP contribution >= 0.6 is 23.2 Å². The summed E-state index contributed by atoms with van der Waals surface area (Å²) in [6.07, 6.45) is 3.65. The van der Waals surface area contributed by atoms with Crippen LogP contribution in [0.3, 0.4) is 0 Å². The van der Waals surface area contributed by atoms with Crippen LogP contribution in [0.2, 0.25) is 23.2 Å². The molecule has 4 N–H and O–H groups in total. The molecule has 1 unspecified atom stereocenters. The molecule has 180 valence electrons. The number of carboxylic acids is 1. The number of aliphatic carboxylic acids is 1. The van der Waals surface area contributed by atoms with E-state index in [2.05, 4.69) is 4.90 Å². The topological polar surface area (TPSA) is 96.0 Å². The van der Waals surface area contributed by atoms with Crippen molar-refractivity contribution in [2.75, 3.05) is 13.6 Å². The van der Waals surface area contributed by atoms with E-state index in [1.165, 1.54) is 0 Å². The number of hydrogen-bond acceptors (Lipinski definition) is 5. The minimum absolute atomic E-state index is 0.368. The van der Waals surface area contributed by atoms with Gasteiger partial charge in [0.05, 0.1) is 10.0 Å². The molecule has 6 nitrogen and oxygen atoms in total. The van der Waals surface area contributed by atoms with Gasteiger partial charge in [-0.25, -0.2) is 0 Å². The fourth-order valence-electron chi connectivity index (χ4n) is 3.61. The van der Waals surface area contributed by atoms with Crippen LogP contribution in [0.4, 0.5) is 0 Å². The maximum absolute atomic E-state index is 11.7. The van der Waals surface area contributed by atoms with E-state index >= 15 is 0 Å². The number of nitrogens with two attached hydrogens (primary N) is 1. The summed E-state index contributed by atoms with van der Waals surface area (Å²) in [7, 11) is 2.00. The third-order valence-electron chi connectivity index (χ3n) is 5.59. The third kappa shape index (κ3) is 9.55. The quantitative estimate of drug-likeness (QED) is 0.235. The SMILES string of the molecule is CB(O)CCCCC(N)(CCCN(C)Cc1ccc(Oc2ccc(Cl)c(Cl)c2)cc1)C(=O)O. The van der Waals surface area contributed by atoms with Crippen molar-refractivity contribution in [3.8, 4) is 11.5 Å². The van der Waals surface area contributed by atoms with Crippen molar-refractivity contribution in [3.63, 3.8) is 0 Å². The fourth-order valence-corrected chi connectivity index (χ4v) is 3.90. The van der Waals surface area contributed by atoms with Gasteiger partial charge in [0.1, 0.15) is 17.0 Å². The first kappa shape index (κ1) is 27.5. The molecule has 1 atom stereocenters. The van der Waals surface area contributed by atoms with Gasteiger partial charge in [0.2, 0.25) is 0 Å². The second kappa shape index (κ2) is 13.2. The van der Waals surface area contributed by atoms with Crippen molar-refractivity contribution >= 4 is 36.1 Å². The Labute approximate surface area is 206 Å². The van der Waals surface area contributed by atoms with E-state index in [0.29, 0.717) is 53.5 Å². The largest absolute Gasteiger partial charge is 0.480 e. The molecular weight excluding hydrogens is 462 g/mol. The van der Waals surface area contributed by atoms with Crippen molar-refractivity contribution in [2.24, 2.45) is 5.73 Å². The average Bonchev–Trinajstić information content (AvgIpc) is 2.75. The smallest absolute Gasteiger partial charge is 0.323 e. The van der Waals surface area contributed by atoms with Gasteiger partial charge in [0.25, 0.3) is 6.92 Å². The molecule has 0 spiro atoms. The first-order chi connectivity index (χ1) is 15.6. The number of nitrogens with zero attached hydrogens (tertiary/aromatic N) is 1. The number of halogens is 2. The van der Waals surface area contributed by atoms with E-state index < -0.39 is 11.5 Å². The second-order valence-corrected chi connectivity index (χ2v) is 9.53. The Morgan fingerprint density at radius 2 is 1.70 bits per heavy atom. The molecule has 0 aromatic heterocycles. The maximum Gasteiger partial charge on any atom is 0.323 e. The van der Waals surface area contributed by atoms with E-state index in [-0.39, 0.29) is 6.92 Å². The van der Waals surface area contributed by atoms with Crippen LogP contribution in [-0.2, 0) is 11.3 Å². The highest BCUT2D eigenvalue weighted by molar-refractivity contribution is 6.48. The molecule has 0 fully saturated rings. The van der Waals surface area contributed by atoms with Gasteiger partial charge in [-0.05, 0) is 69.0 Å². The van der Waals surface area contributed by atoms with Crippen molar-refractivity contribution in [2.45, 2.75) is 57.3 Å². The zero-order valence-electron chi connectivity index (χ0n) is 19.3. The molecule has 9 heteroatoms. The Morgan fingerprint density at radius 3 is 2.30 bits per heavy atom. The van der Waals surface area contributed by atoms with Crippen molar-refractivity contribution in [1.82, 2.24) is 4.90 Å². The molecular formula is C24H33BCl2N2O4. The lowest BCUT2D eigenvalue weighted by atomic mass is 9.66. The number of carboxylic acid groups (broad SMARTS) is 1. The van der Waals surface area contributed by atoms with Crippen LogP contribution in [0.5, 0.6) is 11.5 Å². The zero-order valence-corrected chi connectivity index (χ0v) is 20.8. The minimum atomic E-state index is -1.22. The number of carbonyl (C=O) groups is 1. The Morgan fingerprint density at radius 1 is 1.06 bits per heavy atom. The fraction of sp³-hybridized carbons (Fsp3) is 0.458. The molecule has 0 bridgehead atoms. The molecule has 0 heterocycles. The summed E-state index contributed by atoms with van der Waals surface area (Å²) in [6, 6.07) is 12.9. The monoisotopic (exact) mass is 494 g/mol. The van der Waals surface area contributed by atoms with Crippen LogP contribution in [0.25, 0.3) is 0 Å². The average molecular weight is 495 g/mol. The Bertz CT molecular complexity index is 899. The van der Waals surface area contributed by atoms with Gasteiger partial charge in [-0.1, -0.05) is 55.0 Å². The lowest BCUT2D eigenvalue weighted by Gasteiger charge is -2.26. The molecule has 2 aromatic rings. The first-order valence-corrected chi connectivity index (χ1v) is 12.0. The number of unbranched alkanes of at least 4 members (excludes halogenated alkanes) is 1. The normalized spacial score (nSPS) is 13.1. The Hall–Kier alpha value is -1.77. The van der Waals surface area contributed by atoms with Gasteiger partial charge < -0.3 is 25.5 Å². The first-order valence-electron chi connectivity index (χ1n) is 11.2. The summed E-state index contributed by atoms with van der Waals surface area (Å²) < 4.78 is 5.81. The molecule has 33 heavy (non-hydrogen) atoms. The maximum atomic E-state index is 11.7. The number of hydrogen-bond donors (Lipinski definition) is 3. The standard InChI is InChI=1S/C24H33BCl2N2O4/c1-25(32)14-4-3-12-24(28,23(30)31)13-5-15-29(2)17-18-6-8-19(9-7-18)33-20-10-11-21(26)22(27)16-20/h6-11,16,32H,3-5,12-15,17,28H2,1-2H3,(H,30,31). The minimum Gasteiger partial charge on any atom is -0.480 e. The lowest BCUT2D eigenvalue weighted by Crippen LogP contribution is -2.48. The number of rotatable bonds is 14. The predicted molar refractivity (Wildman–Crippen MR) is 136 cm³/mol. The zero-order chi connectivity index (χ0) is 24.4. The van der Waals surface area contributed by atoms with Crippen LogP contribution in [-0.4, -0.2) is 47.0 Å². The van der Waals surface area contributed by atoms with Crippen LogP contribution in [0.15, 0.2) is 42.5 Å². The van der Waals surface area contributed by atoms with E-state index in [1.807, 2.05) is 31.3 Å². The number of benzene rings is 2. The number of ether oxygens (including phenoxy) is 1. The highest BCUT2D eigenvalue weighted by Gasteiger charge is 2.32. The van der Waals surface area contributed by atoms with Crippen LogP contribution in [0, 0.1) is 0 Å². The molecule has 2 aromatic carbocycles. The molecule has 0 aliphatic heterocycles. The van der Waals surface area contributed by atoms with E-state index in [4.69, 9.17) is 33.7 Å². The van der Waals surface area contributed by atoms with E-state index in [1.54, 1.807) is 25.0 Å². The summed E-state index contributed by atoms with van der Waals surface area (Å²) in [5.41, 5.74) is 6.08. The van der Waals surface area contributed by atoms with Crippen molar-refractivity contribution in [3.05, 3.63) is 58.1 Å². The highest BCUT2D eigenvalue weighted by atomic mass is 35.5. The molecule has 2 rings (SSSR count). The van der Waals surface area contributed by atoms with Gasteiger partial charge >= 0.3 is 5.97 Å². The molecule has 0 saturated heterocycles. The highest BCUT2D eigenvalue weighted by Crippen LogP contribution is 2.29. The van der Waals surface area contributed by atoms with Gasteiger partial charge in [-0.3, -0.25) is 4.79 Å². The second-order valence-electron chi connectivity index (χ2n) is 8.72. The molecule has 0 radical (unpaired) electrons. The molecule has 0 aliphatic rings. The van der Waals surface area contributed by atoms with Crippen LogP contribution < -0.4 is 10.5 Å². The van der Waals surface area contributed by atoms with Crippen LogP contribution in [0.1, 0.15) is 37.7 Å². The molecule has 0 amide bonds. The summed E-state index contributed by atoms with van der Waals surface area (Å²) >= 11 is 12.0. The predicted octanol–water partition coefficient (Wildman–Crippen LogP) is 5.56. The summed E-state index contributed by atoms with van der Waals surface area (Å²) in [6.45, 7) is 2.83. The van der Waals surface area contributed by atoms with Gasteiger partial charge in [0.15, 0.2) is 0 Å². The van der Waals surface area contributed by atoms with Gasteiger partial charge in [-0.15, -0.1) is 0 Å². The summed E-state index contributed by atoms with van der Waals surface area (Å²) in [5, 5.41) is 19.9. The molecule has 0 aliphatic carbocycles. The Kier molecular flexibility index (Phi) is 11.0. The van der Waals surface area contributed by atoms with E-state index in [9.17, 15) is 14.9 Å². The van der Waals surface area contributed by atoms with Gasteiger partial charge in [0, 0.05) is 12.6 Å². The van der Waals surface area contributed by atoms with Gasteiger partial charge in [-0.2, -0.15) is 0 Å². The third-order valence-corrected chi connectivity index (χ3v) is 6.33. The summed E-state index contributed by atoms with van der Waals surface area (Å²) in [5.74, 6) is 0.355. The Balaban J connectivity index is 1.79. The van der Waals surface area contributed by atoms with Crippen molar-refractivity contribution < 1.29 is 19.7 Å². The summed E-state index contributed by atoms with van der Waals surface area (Å²) in [4.78, 5) is 13.8. The van der Waals surface area contributed by atoms with Crippen molar-refractivity contribution in [1.29, 1.82) is 0 Å². The van der Waals surface area contributed by atoms with E-state index in [0.717, 1.165) is 25.1 Å². The lowest BCUT2D eigenvalue weighted by molar-refractivity contribution is -0.144.